The van der Waals surface area contributed by atoms with Gasteiger partial charge in [0.15, 0.2) is 17.0 Å². The molecule has 0 aliphatic carbocycles. The van der Waals surface area contributed by atoms with Crippen molar-refractivity contribution in [3.8, 4) is 17.2 Å². The van der Waals surface area contributed by atoms with Crippen molar-refractivity contribution < 1.29 is 28.8 Å². The van der Waals surface area contributed by atoms with Gasteiger partial charge in [0, 0.05) is 42.2 Å². The van der Waals surface area contributed by atoms with E-state index in [2.05, 4.69) is 20.9 Å². The zero-order valence-corrected chi connectivity index (χ0v) is 29.8. The van der Waals surface area contributed by atoms with Crippen LogP contribution < -0.4 is 25.1 Å². The van der Waals surface area contributed by atoms with E-state index in [0.29, 0.717) is 79.2 Å². The van der Waals surface area contributed by atoms with Gasteiger partial charge in [-0.15, -0.1) is 0 Å². The van der Waals surface area contributed by atoms with E-state index < -0.39 is 11.4 Å². The maximum Gasteiger partial charge on any atom is 0.266 e. The molecule has 0 saturated carbocycles. The van der Waals surface area contributed by atoms with Gasteiger partial charge in [-0.2, -0.15) is 0 Å². The van der Waals surface area contributed by atoms with Crippen molar-refractivity contribution in [2.75, 3.05) is 26.4 Å². The summed E-state index contributed by atoms with van der Waals surface area (Å²) < 4.78 is 24.1. The fourth-order valence-electron chi connectivity index (χ4n) is 5.83. The van der Waals surface area contributed by atoms with Gasteiger partial charge in [-0.05, 0) is 70.6 Å². The van der Waals surface area contributed by atoms with Crippen molar-refractivity contribution in [1.29, 1.82) is 0 Å². The molecule has 0 fully saturated rings. The lowest BCUT2D eigenvalue weighted by atomic mass is 9.91. The Hall–Kier alpha value is -6.33. The molecule has 0 bridgehead atoms. The lowest BCUT2D eigenvalue weighted by Crippen LogP contribution is -2.53. The number of carbonyl (C=O) groups is 1. The van der Waals surface area contributed by atoms with Crippen LogP contribution in [-0.2, 0) is 35.6 Å². The number of aliphatic hydroxyl groups excluding tert-OH is 1. The molecule has 1 aliphatic rings. The molecule has 0 unspecified atom stereocenters. The number of carbonyl (C=O) groups excluding carboxylic acids is 1. The van der Waals surface area contributed by atoms with E-state index >= 15 is 0 Å². The first-order valence-electron chi connectivity index (χ1n) is 17.7. The van der Waals surface area contributed by atoms with Gasteiger partial charge in [0.2, 0.25) is 5.90 Å². The summed E-state index contributed by atoms with van der Waals surface area (Å²) in [5.41, 5.74) is 18.6. The largest absolute Gasteiger partial charge is 0.494 e. The summed E-state index contributed by atoms with van der Waals surface area (Å²) >= 11 is 0. The number of hydrazine groups is 1. The lowest BCUT2D eigenvalue weighted by molar-refractivity contribution is -0.127. The zero-order valence-electron chi connectivity index (χ0n) is 29.8. The van der Waals surface area contributed by atoms with Crippen molar-refractivity contribution in [3.63, 3.8) is 0 Å². The highest BCUT2D eigenvalue weighted by molar-refractivity contribution is 6.00. The predicted octanol–water partition coefficient (Wildman–Crippen LogP) is 7.17. The number of nitrogens with zero attached hydrogens (tertiary/aromatic N) is 4. The second-order valence-electron chi connectivity index (χ2n) is 12.6. The first-order valence-corrected chi connectivity index (χ1v) is 17.7. The van der Waals surface area contributed by atoms with Gasteiger partial charge in [-0.3, -0.25) is 10.2 Å². The van der Waals surface area contributed by atoms with Crippen LogP contribution in [0.15, 0.2) is 138 Å². The number of aliphatic imine (C=N–C) groups is 1. The maximum absolute atomic E-state index is 14.0. The zero-order chi connectivity index (χ0) is 37.4. The highest BCUT2D eigenvalue weighted by Crippen LogP contribution is 2.32. The minimum Gasteiger partial charge on any atom is -0.494 e. The fraction of sp³-hybridized carbons (Fsp3) is 0.238. The number of amides is 1. The van der Waals surface area contributed by atoms with E-state index in [1.165, 1.54) is 0 Å². The molecular formula is C42H42N6O6. The van der Waals surface area contributed by atoms with Crippen molar-refractivity contribution >= 4 is 17.5 Å². The molecule has 1 amide bonds. The first-order chi connectivity index (χ1) is 26.5. The van der Waals surface area contributed by atoms with Crippen LogP contribution >= 0.6 is 0 Å². The smallest absolute Gasteiger partial charge is 0.266 e. The summed E-state index contributed by atoms with van der Waals surface area (Å²) in [4.78, 5) is 21.8. The number of hydrogen-bond donors (Lipinski definition) is 3. The second-order valence-corrected chi connectivity index (χ2v) is 12.6. The van der Waals surface area contributed by atoms with E-state index in [4.69, 9.17) is 34.6 Å². The molecule has 54 heavy (non-hydrogen) atoms. The van der Waals surface area contributed by atoms with Gasteiger partial charge in [0.25, 0.3) is 5.91 Å². The SMILES string of the molecule is [N-]=[N+]=Nc1ccccc1C[C@@]1(C(=O)NNCCc2ccc(OCc3ccccc3)c(OCc3ccccc3)c2)COC(c2ccc(OCCCO)cc2)=N1. The molecule has 0 spiro atoms. The fourth-order valence-corrected chi connectivity index (χ4v) is 5.83. The second kappa shape index (κ2) is 19.0. The minimum atomic E-state index is -1.35. The average Bonchev–Trinajstić information content (AvgIpc) is 3.65. The molecule has 1 heterocycles. The third-order valence-electron chi connectivity index (χ3n) is 8.71. The van der Waals surface area contributed by atoms with Crippen LogP contribution in [0.5, 0.6) is 17.2 Å². The van der Waals surface area contributed by atoms with E-state index in [1.807, 2.05) is 103 Å². The molecule has 1 aliphatic heterocycles. The Morgan fingerprint density at radius 2 is 1.52 bits per heavy atom. The molecule has 5 aromatic rings. The van der Waals surface area contributed by atoms with Crippen LogP contribution in [-0.4, -0.2) is 48.8 Å². The molecule has 1 atom stereocenters. The molecule has 6 rings (SSSR count). The quantitative estimate of drug-likeness (QED) is 0.0268. The standard InChI is InChI=1S/C42H42N6O6/c43-48-46-37-15-8-7-14-35(37)27-42(30-54-40(45-42)34-17-19-36(20-18-34)51-25-9-24-49)41(50)47-44-23-22-31-16-21-38(52-28-32-10-3-1-4-11-32)39(26-31)53-29-33-12-5-2-6-13-33/h1-8,10-21,26,44,49H,9,22-25,27-30H2,(H,47,50)/t42-/m0/s1. The highest BCUT2D eigenvalue weighted by Gasteiger charge is 2.45. The number of nitrogens with one attached hydrogen (secondary N) is 2. The summed E-state index contributed by atoms with van der Waals surface area (Å²) in [6, 6.07) is 40.1. The van der Waals surface area contributed by atoms with Gasteiger partial charge in [-0.1, -0.05) is 96.1 Å². The Balaban J connectivity index is 1.14. The topological polar surface area (TPSA) is 159 Å². The first kappa shape index (κ1) is 37.4. The summed E-state index contributed by atoms with van der Waals surface area (Å²) in [6.45, 7) is 1.62. The van der Waals surface area contributed by atoms with Crippen molar-refractivity contribution in [3.05, 3.63) is 166 Å². The Bertz CT molecular complexity index is 2060. The lowest BCUT2D eigenvalue weighted by Gasteiger charge is -2.24. The molecule has 0 radical (unpaired) electrons. The van der Waals surface area contributed by atoms with Gasteiger partial charge in [0.05, 0.1) is 6.61 Å². The van der Waals surface area contributed by atoms with Crippen LogP contribution in [0, 0.1) is 0 Å². The van der Waals surface area contributed by atoms with Gasteiger partial charge in [0.1, 0.15) is 25.6 Å². The van der Waals surface area contributed by atoms with E-state index in [0.717, 1.165) is 16.7 Å². The highest BCUT2D eigenvalue weighted by atomic mass is 16.5. The Morgan fingerprint density at radius 1 is 0.833 bits per heavy atom. The van der Waals surface area contributed by atoms with Crippen molar-refractivity contribution in [1.82, 2.24) is 10.9 Å². The van der Waals surface area contributed by atoms with Crippen LogP contribution in [0.3, 0.4) is 0 Å². The number of aliphatic hydroxyl groups is 1. The number of ether oxygens (including phenoxy) is 4. The number of azide groups is 1. The molecule has 3 N–H and O–H groups in total. The van der Waals surface area contributed by atoms with Gasteiger partial charge >= 0.3 is 0 Å². The Kier molecular flexibility index (Phi) is 13.1. The molecule has 12 heteroatoms. The van der Waals surface area contributed by atoms with Gasteiger partial charge < -0.3 is 24.1 Å². The van der Waals surface area contributed by atoms with Gasteiger partial charge in [-0.25, -0.2) is 10.4 Å². The van der Waals surface area contributed by atoms with Crippen LogP contribution in [0.2, 0.25) is 0 Å². The Morgan fingerprint density at radius 3 is 2.22 bits per heavy atom. The van der Waals surface area contributed by atoms with Crippen LogP contribution in [0.4, 0.5) is 5.69 Å². The molecule has 276 valence electrons. The summed E-state index contributed by atoms with van der Waals surface area (Å²) in [5, 5.41) is 12.9. The molecule has 12 nitrogen and oxygen atoms in total. The number of rotatable bonds is 19. The molecule has 5 aromatic carbocycles. The third kappa shape index (κ3) is 10.2. The minimum absolute atomic E-state index is 0.0260. The van der Waals surface area contributed by atoms with Crippen molar-refractivity contribution in [2.24, 2.45) is 10.1 Å². The van der Waals surface area contributed by atoms with E-state index in [1.54, 1.807) is 24.3 Å². The Labute approximate surface area is 314 Å². The molecule has 0 saturated heterocycles. The van der Waals surface area contributed by atoms with Crippen molar-refractivity contribution in [2.45, 2.75) is 38.0 Å². The third-order valence-corrected chi connectivity index (χ3v) is 8.71. The summed E-state index contributed by atoms with van der Waals surface area (Å²) in [6.07, 6.45) is 1.24. The van der Waals surface area contributed by atoms with E-state index in [-0.39, 0.29) is 19.6 Å². The summed E-state index contributed by atoms with van der Waals surface area (Å²) in [5.74, 6) is 1.83. The monoisotopic (exact) mass is 726 g/mol. The predicted molar refractivity (Wildman–Crippen MR) is 206 cm³/mol. The molecule has 0 aromatic heterocycles. The van der Waals surface area contributed by atoms with Crippen LogP contribution in [0.25, 0.3) is 10.4 Å². The number of hydrogen-bond acceptors (Lipinski definition) is 9. The normalized spacial score (nSPS) is 14.6. The average molecular weight is 727 g/mol. The maximum atomic E-state index is 14.0. The summed E-state index contributed by atoms with van der Waals surface area (Å²) in [7, 11) is 0. The number of benzene rings is 5. The molecular weight excluding hydrogens is 684 g/mol. The van der Waals surface area contributed by atoms with E-state index in [9.17, 15) is 4.79 Å². The van der Waals surface area contributed by atoms with Crippen LogP contribution in [0.1, 0.15) is 34.2 Å².